The molecule has 0 aromatic rings. The molecule has 0 aliphatic rings. The van der Waals surface area contributed by atoms with E-state index in [1.807, 2.05) is 0 Å². The lowest BCUT2D eigenvalue weighted by Crippen LogP contribution is -2.34. The van der Waals surface area contributed by atoms with Gasteiger partial charge in [0.2, 0.25) is 0 Å². The minimum Gasteiger partial charge on any atom is -0.418 e. The van der Waals surface area contributed by atoms with Gasteiger partial charge in [-0.05, 0) is 27.2 Å². The largest absolute Gasteiger partial charge is 0.418 e. The zero-order chi connectivity index (χ0) is 8.20. The van der Waals surface area contributed by atoms with Gasteiger partial charge >= 0.3 is 0 Å². The molecule has 0 radical (unpaired) electrons. The third kappa shape index (κ3) is 6.26. The lowest BCUT2D eigenvalue weighted by Gasteiger charge is -2.21. The third-order valence-corrected chi connectivity index (χ3v) is 3.29. The van der Waals surface area contributed by atoms with Crippen LogP contribution in [-0.4, -0.2) is 21.0 Å². The van der Waals surface area contributed by atoms with Crippen LogP contribution in [0.5, 0.6) is 0 Å². The summed E-state index contributed by atoms with van der Waals surface area (Å²) in [4.78, 5) is 0. The van der Waals surface area contributed by atoms with E-state index in [2.05, 4.69) is 27.7 Å². The summed E-state index contributed by atoms with van der Waals surface area (Å²) in [5.74, 6) is 0. The van der Waals surface area contributed by atoms with Crippen molar-refractivity contribution >= 4 is 9.76 Å². The highest BCUT2D eigenvalue weighted by Crippen LogP contribution is 2.05. The average molecular weight is 161 g/mol. The smallest absolute Gasteiger partial charge is 0.178 e. The molecule has 0 rings (SSSR count). The topological polar surface area (TPSA) is 35.2 Å². The van der Waals surface area contributed by atoms with E-state index in [0.29, 0.717) is 5.67 Å². The molecular weight excluding hydrogens is 142 g/mol. The molecular formula is C7H19NOSi. The second-order valence-corrected chi connectivity index (χ2v) is 5.26. The molecule has 0 heterocycles. The number of nitrogens with two attached hydrogens (primary N) is 1. The Morgan fingerprint density at radius 2 is 2.00 bits per heavy atom. The fourth-order valence-electron chi connectivity index (χ4n) is 0.475. The van der Waals surface area contributed by atoms with Gasteiger partial charge in [0.25, 0.3) is 0 Å². The molecule has 0 amide bonds. The maximum atomic E-state index is 5.72. The van der Waals surface area contributed by atoms with Crippen molar-refractivity contribution in [2.45, 2.75) is 45.4 Å². The molecule has 2 nitrogen and oxygen atoms in total. The average Bonchev–Trinajstić information content (AvgIpc) is 1.81. The van der Waals surface area contributed by atoms with E-state index in [0.717, 1.165) is 6.42 Å². The summed E-state index contributed by atoms with van der Waals surface area (Å²) in [7, 11) is -0.491. The third-order valence-electron chi connectivity index (χ3n) is 1.25. The quantitative estimate of drug-likeness (QED) is 0.615. The van der Waals surface area contributed by atoms with Gasteiger partial charge in [0.15, 0.2) is 9.76 Å². The Labute approximate surface area is 66.1 Å². The monoisotopic (exact) mass is 161 g/mol. The first-order valence-electron chi connectivity index (χ1n) is 3.85. The second kappa shape index (κ2) is 4.11. The Hall–Kier alpha value is 0.137. The highest BCUT2D eigenvalue weighted by molar-refractivity contribution is 6.29. The summed E-state index contributed by atoms with van der Waals surface area (Å²) >= 11 is 0. The molecule has 0 bridgehead atoms. The Balaban J connectivity index is 3.36. The lowest BCUT2D eigenvalue weighted by atomic mass is 10.2. The number of hydrogen-bond acceptors (Lipinski definition) is 2. The van der Waals surface area contributed by atoms with E-state index in [4.69, 9.17) is 10.2 Å². The van der Waals surface area contributed by atoms with Gasteiger partial charge in [-0.15, -0.1) is 0 Å². The van der Waals surface area contributed by atoms with E-state index < -0.39 is 9.76 Å². The van der Waals surface area contributed by atoms with Crippen molar-refractivity contribution in [3.63, 3.8) is 0 Å². The predicted molar refractivity (Wildman–Crippen MR) is 47.6 cm³/mol. The fourth-order valence-corrected chi connectivity index (χ4v) is 1.42. The first-order chi connectivity index (χ1) is 4.45. The molecule has 0 aromatic heterocycles. The SMILES string of the molecule is CCC(N)[SiH2]OC(C)(C)C. The summed E-state index contributed by atoms with van der Waals surface area (Å²) < 4.78 is 5.60. The van der Waals surface area contributed by atoms with Crippen molar-refractivity contribution < 1.29 is 4.43 Å². The molecule has 3 heteroatoms. The second-order valence-electron chi connectivity index (χ2n) is 3.59. The van der Waals surface area contributed by atoms with Gasteiger partial charge in [0.1, 0.15) is 0 Å². The molecule has 0 aliphatic carbocycles. The highest BCUT2D eigenvalue weighted by Gasteiger charge is 2.11. The zero-order valence-electron chi connectivity index (χ0n) is 7.48. The van der Waals surface area contributed by atoms with Crippen LogP contribution < -0.4 is 5.73 Å². The van der Waals surface area contributed by atoms with E-state index in [1.165, 1.54) is 0 Å². The summed E-state index contributed by atoms with van der Waals surface area (Å²) in [6, 6.07) is 0. The molecule has 0 saturated carbocycles. The molecule has 0 spiro atoms. The minimum atomic E-state index is -0.491. The van der Waals surface area contributed by atoms with E-state index in [1.54, 1.807) is 0 Å². The number of rotatable bonds is 3. The molecule has 0 aromatic carbocycles. The molecule has 1 unspecified atom stereocenters. The maximum Gasteiger partial charge on any atom is 0.178 e. The fraction of sp³-hybridized carbons (Fsp3) is 1.00. The summed E-state index contributed by atoms with van der Waals surface area (Å²) in [5.41, 5.74) is 6.06. The van der Waals surface area contributed by atoms with Crippen molar-refractivity contribution in [3.8, 4) is 0 Å². The van der Waals surface area contributed by atoms with E-state index in [-0.39, 0.29) is 5.60 Å². The van der Waals surface area contributed by atoms with Crippen molar-refractivity contribution in [1.29, 1.82) is 0 Å². The number of hydrogen-bond donors (Lipinski definition) is 1. The van der Waals surface area contributed by atoms with Gasteiger partial charge in [-0.3, -0.25) is 0 Å². The van der Waals surface area contributed by atoms with Gasteiger partial charge in [-0.1, -0.05) is 6.92 Å². The van der Waals surface area contributed by atoms with Crippen LogP contribution in [-0.2, 0) is 4.43 Å². The van der Waals surface area contributed by atoms with E-state index in [9.17, 15) is 0 Å². The minimum absolute atomic E-state index is 0.0129. The summed E-state index contributed by atoms with van der Waals surface area (Å²) in [6.45, 7) is 8.32. The first kappa shape index (κ1) is 10.1. The lowest BCUT2D eigenvalue weighted by molar-refractivity contribution is 0.135. The van der Waals surface area contributed by atoms with Crippen molar-refractivity contribution in [3.05, 3.63) is 0 Å². The van der Waals surface area contributed by atoms with Gasteiger partial charge < -0.3 is 10.2 Å². The van der Waals surface area contributed by atoms with Crippen molar-refractivity contribution in [2.24, 2.45) is 5.73 Å². The van der Waals surface area contributed by atoms with Crippen LogP contribution in [0.4, 0.5) is 0 Å². The summed E-state index contributed by atoms with van der Waals surface area (Å²) in [6.07, 6.45) is 1.04. The Morgan fingerprint density at radius 1 is 1.50 bits per heavy atom. The Bertz CT molecular complexity index is 90.1. The standard InChI is InChI=1S/C7H19NOSi/c1-5-6(8)10-9-7(2,3)4/h6H,5,8,10H2,1-4H3. The summed E-state index contributed by atoms with van der Waals surface area (Å²) in [5, 5.41) is 0. The molecule has 2 N–H and O–H groups in total. The molecule has 10 heavy (non-hydrogen) atoms. The molecule has 0 saturated heterocycles. The van der Waals surface area contributed by atoms with Gasteiger partial charge in [-0.2, -0.15) is 0 Å². The molecule has 0 fully saturated rings. The molecule has 0 aliphatic heterocycles. The van der Waals surface area contributed by atoms with Crippen LogP contribution in [0, 0.1) is 0 Å². The van der Waals surface area contributed by atoms with Crippen LogP contribution in [0.1, 0.15) is 34.1 Å². The van der Waals surface area contributed by atoms with Gasteiger partial charge in [0.05, 0.1) is 0 Å². The van der Waals surface area contributed by atoms with Crippen molar-refractivity contribution in [1.82, 2.24) is 0 Å². The van der Waals surface area contributed by atoms with Gasteiger partial charge in [-0.25, -0.2) is 0 Å². The Morgan fingerprint density at radius 3 is 2.30 bits per heavy atom. The van der Waals surface area contributed by atoms with Crippen LogP contribution in [0.25, 0.3) is 0 Å². The van der Waals surface area contributed by atoms with Crippen LogP contribution >= 0.6 is 0 Å². The predicted octanol–water partition coefficient (Wildman–Crippen LogP) is 0.580. The Kier molecular flexibility index (Phi) is 4.16. The first-order valence-corrected chi connectivity index (χ1v) is 5.24. The highest BCUT2D eigenvalue weighted by atomic mass is 28.2. The van der Waals surface area contributed by atoms with Crippen LogP contribution in [0.15, 0.2) is 0 Å². The van der Waals surface area contributed by atoms with E-state index >= 15 is 0 Å². The van der Waals surface area contributed by atoms with Gasteiger partial charge in [0, 0.05) is 11.3 Å². The molecule has 1 atom stereocenters. The normalized spacial score (nSPS) is 16.5. The van der Waals surface area contributed by atoms with Crippen molar-refractivity contribution in [2.75, 3.05) is 0 Å². The van der Waals surface area contributed by atoms with Crippen LogP contribution in [0.3, 0.4) is 0 Å². The molecule has 62 valence electrons. The maximum absolute atomic E-state index is 5.72. The van der Waals surface area contributed by atoms with Crippen LogP contribution in [0.2, 0.25) is 0 Å². The zero-order valence-corrected chi connectivity index (χ0v) is 8.89.